The van der Waals surface area contributed by atoms with E-state index < -0.39 is 0 Å². The second-order valence-electron chi connectivity index (χ2n) is 4.95. The Hall–Kier alpha value is -2.27. The van der Waals surface area contributed by atoms with Gasteiger partial charge in [0.25, 0.3) is 0 Å². The fourth-order valence-corrected chi connectivity index (χ4v) is 2.65. The molecule has 3 rings (SSSR count). The number of rotatable bonds is 6. The first-order valence-electron chi connectivity index (χ1n) is 7.34. The Balaban J connectivity index is 1.80. The molecular weight excluding hydrogens is 318 g/mol. The highest BCUT2D eigenvalue weighted by molar-refractivity contribution is 6.30. The highest BCUT2D eigenvalue weighted by Gasteiger charge is 2.15. The maximum atomic E-state index is 6.16. The Bertz CT molecular complexity index is 705. The summed E-state index contributed by atoms with van der Waals surface area (Å²) in [4.78, 5) is 0. The van der Waals surface area contributed by atoms with Crippen LogP contribution in [-0.2, 0) is 6.54 Å². The second-order valence-corrected chi connectivity index (χ2v) is 5.39. The summed E-state index contributed by atoms with van der Waals surface area (Å²) in [6, 6.07) is 9.35. The van der Waals surface area contributed by atoms with Crippen LogP contribution in [0.4, 0.5) is 5.69 Å². The van der Waals surface area contributed by atoms with Crippen molar-refractivity contribution >= 4 is 17.3 Å². The first kappa shape index (κ1) is 15.6. The topological polar surface area (TPSA) is 49.0 Å². The number of anilines is 1. The first-order valence-corrected chi connectivity index (χ1v) is 7.71. The number of hydrogen-bond acceptors (Lipinski definition) is 5. The monoisotopic (exact) mass is 335 g/mol. The molecule has 0 spiro atoms. The average Bonchev–Trinajstić information content (AvgIpc) is 3.02. The number of nitrogens with one attached hydrogen (secondary N) is 1. The molecule has 1 N–H and O–H groups in total. The molecule has 6 heteroatoms. The molecule has 5 nitrogen and oxygen atoms in total. The fourth-order valence-electron chi connectivity index (χ4n) is 2.42. The van der Waals surface area contributed by atoms with E-state index in [1.807, 2.05) is 31.2 Å². The van der Waals surface area contributed by atoms with Crippen LogP contribution in [0.25, 0.3) is 0 Å². The van der Waals surface area contributed by atoms with E-state index in [2.05, 4.69) is 5.32 Å². The van der Waals surface area contributed by atoms with Crippen molar-refractivity contribution in [2.24, 2.45) is 0 Å². The van der Waals surface area contributed by atoms with Crippen LogP contribution < -0.4 is 24.3 Å². The highest BCUT2D eigenvalue weighted by Crippen LogP contribution is 2.37. The summed E-state index contributed by atoms with van der Waals surface area (Å²) in [6.45, 7) is 3.29. The lowest BCUT2D eigenvalue weighted by Gasteiger charge is -2.16. The van der Waals surface area contributed by atoms with E-state index in [4.69, 9.17) is 30.5 Å². The zero-order valence-electron chi connectivity index (χ0n) is 13.0. The van der Waals surface area contributed by atoms with Crippen molar-refractivity contribution < 1.29 is 18.9 Å². The van der Waals surface area contributed by atoms with E-state index in [9.17, 15) is 0 Å². The second kappa shape index (κ2) is 6.87. The quantitative estimate of drug-likeness (QED) is 0.861. The van der Waals surface area contributed by atoms with Crippen molar-refractivity contribution in [1.82, 2.24) is 0 Å². The van der Waals surface area contributed by atoms with Gasteiger partial charge in [-0.2, -0.15) is 0 Å². The molecule has 1 heterocycles. The third kappa shape index (κ3) is 3.40. The summed E-state index contributed by atoms with van der Waals surface area (Å²) in [6.07, 6.45) is 0. The molecule has 0 aliphatic carbocycles. The Morgan fingerprint density at radius 1 is 1.17 bits per heavy atom. The molecule has 0 saturated heterocycles. The van der Waals surface area contributed by atoms with Crippen LogP contribution in [0.2, 0.25) is 5.02 Å². The summed E-state index contributed by atoms with van der Waals surface area (Å²) in [5.41, 5.74) is 1.85. The molecule has 1 aliphatic rings. The Labute approximate surface area is 140 Å². The number of halogens is 1. The molecule has 0 bridgehead atoms. The third-order valence-corrected chi connectivity index (χ3v) is 3.68. The van der Waals surface area contributed by atoms with Gasteiger partial charge >= 0.3 is 0 Å². The molecule has 122 valence electrons. The van der Waals surface area contributed by atoms with Crippen molar-refractivity contribution in [1.29, 1.82) is 0 Å². The zero-order valence-corrected chi connectivity index (χ0v) is 13.8. The normalized spacial score (nSPS) is 12.1. The van der Waals surface area contributed by atoms with Gasteiger partial charge in [0.2, 0.25) is 6.79 Å². The molecule has 0 atom stereocenters. The van der Waals surface area contributed by atoms with Crippen LogP contribution in [0.5, 0.6) is 23.0 Å². The van der Waals surface area contributed by atoms with Crippen LogP contribution in [0, 0.1) is 0 Å². The molecule has 0 saturated carbocycles. The zero-order chi connectivity index (χ0) is 16.2. The van der Waals surface area contributed by atoms with Gasteiger partial charge in [0.1, 0.15) is 0 Å². The van der Waals surface area contributed by atoms with Crippen LogP contribution in [0.1, 0.15) is 12.5 Å². The lowest BCUT2D eigenvalue weighted by molar-refractivity contribution is 0.174. The average molecular weight is 336 g/mol. The van der Waals surface area contributed by atoms with Crippen LogP contribution in [-0.4, -0.2) is 20.5 Å². The van der Waals surface area contributed by atoms with Gasteiger partial charge in [-0.15, -0.1) is 0 Å². The van der Waals surface area contributed by atoms with Gasteiger partial charge in [-0.05, 0) is 25.1 Å². The van der Waals surface area contributed by atoms with Gasteiger partial charge in [-0.3, -0.25) is 0 Å². The fraction of sp³-hybridized carbons (Fsp3) is 0.294. The van der Waals surface area contributed by atoms with E-state index >= 15 is 0 Å². The van der Waals surface area contributed by atoms with Crippen LogP contribution in [0.3, 0.4) is 0 Å². The molecule has 23 heavy (non-hydrogen) atoms. The van der Waals surface area contributed by atoms with Gasteiger partial charge < -0.3 is 24.3 Å². The maximum Gasteiger partial charge on any atom is 0.231 e. The van der Waals surface area contributed by atoms with Crippen molar-refractivity contribution in [2.75, 3.05) is 25.8 Å². The third-order valence-electron chi connectivity index (χ3n) is 3.46. The Kier molecular flexibility index (Phi) is 4.67. The van der Waals surface area contributed by atoms with Gasteiger partial charge in [0.15, 0.2) is 23.0 Å². The summed E-state index contributed by atoms with van der Waals surface area (Å²) >= 11 is 6.16. The van der Waals surface area contributed by atoms with E-state index in [0.29, 0.717) is 29.7 Å². The molecule has 0 radical (unpaired) electrons. The number of benzene rings is 2. The smallest absolute Gasteiger partial charge is 0.231 e. The largest absolute Gasteiger partial charge is 0.493 e. The van der Waals surface area contributed by atoms with E-state index in [1.165, 1.54) is 0 Å². The van der Waals surface area contributed by atoms with Crippen LogP contribution in [0.15, 0.2) is 30.3 Å². The minimum Gasteiger partial charge on any atom is -0.493 e. The van der Waals surface area contributed by atoms with Crippen molar-refractivity contribution in [3.8, 4) is 23.0 Å². The Morgan fingerprint density at radius 2 is 2.00 bits per heavy atom. The summed E-state index contributed by atoms with van der Waals surface area (Å²) < 4.78 is 21.8. The van der Waals surface area contributed by atoms with Crippen LogP contribution >= 0.6 is 11.6 Å². The predicted octanol–water partition coefficient (Wildman–Crippen LogP) is 4.09. The van der Waals surface area contributed by atoms with Gasteiger partial charge in [-0.25, -0.2) is 0 Å². The maximum absolute atomic E-state index is 6.16. The molecule has 1 aliphatic heterocycles. The molecule has 0 amide bonds. The molecule has 0 unspecified atom stereocenters. The van der Waals surface area contributed by atoms with Crippen molar-refractivity contribution in [2.45, 2.75) is 13.5 Å². The number of ether oxygens (including phenoxy) is 4. The number of fused-ring (bicyclic) bond motifs is 1. The summed E-state index contributed by atoms with van der Waals surface area (Å²) in [7, 11) is 1.60. The van der Waals surface area contributed by atoms with Crippen molar-refractivity contribution in [3.63, 3.8) is 0 Å². The highest BCUT2D eigenvalue weighted by atomic mass is 35.5. The first-order chi connectivity index (χ1) is 11.2. The van der Waals surface area contributed by atoms with E-state index in [-0.39, 0.29) is 6.79 Å². The Morgan fingerprint density at radius 3 is 2.78 bits per heavy atom. The predicted molar refractivity (Wildman–Crippen MR) is 89.1 cm³/mol. The lowest BCUT2D eigenvalue weighted by Crippen LogP contribution is -2.05. The minimum absolute atomic E-state index is 0.263. The van der Waals surface area contributed by atoms with Crippen molar-refractivity contribution in [3.05, 3.63) is 40.9 Å². The molecule has 0 aromatic heterocycles. The van der Waals surface area contributed by atoms with Gasteiger partial charge in [0, 0.05) is 35.0 Å². The number of hydrogen-bond donors (Lipinski definition) is 1. The SMILES string of the molecule is CCOc1c(CNc2ccc3c(c2)OCO3)cc(Cl)cc1OC. The van der Waals surface area contributed by atoms with Gasteiger partial charge in [-0.1, -0.05) is 11.6 Å². The molecule has 2 aromatic rings. The standard InChI is InChI=1S/C17H18ClNO4/c1-3-21-17-11(6-12(18)7-16(17)20-2)9-19-13-4-5-14-15(8-13)23-10-22-14/h4-8,19H,3,9-10H2,1-2H3. The van der Waals surface area contributed by atoms with Gasteiger partial charge in [0.05, 0.1) is 13.7 Å². The van der Waals surface area contributed by atoms with E-state index in [1.54, 1.807) is 13.2 Å². The molecule has 2 aromatic carbocycles. The molecular formula is C17H18ClNO4. The summed E-state index contributed by atoms with van der Waals surface area (Å²) in [5, 5.41) is 3.94. The number of methoxy groups -OCH3 is 1. The molecule has 0 fully saturated rings. The van der Waals surface area contributed by atoms with E-state index in [0.717, 1.165) is 22.7 Å². The lowest BCUT2D eigenvalue weighted by atomic mass is 10.1. The summed E-state index contributed by atoms with van der Waals surface area (Å²) in [5.74, 6) is 2.83. The minimum atomic E-state index is 0.263.